The molecule has 0 aliphatic rings. The van der Waals surface area contributed by atoms with E-state index in [1.54, 1.807) is 0 Å². The van der Waals surface area contributed by atoms with E-state index in [-0.39, 0.29) is 64.0 Å². The van der Waals surface area contributed by atoms with Gasteiger partial charge in [-0.05, 0) is 6.42 Å². The number of carbonyl (C=O) groups excluding carboxylic acids is 1. The monoisotopic (exact) mass is 372 g/mol. The van der Waals surface area contributed by atoms with Gasteiger partial charge in [-0.2, -0.15) is 6.92 Å². The fourth-order valence-electron chi connectivity index (χ4n) is 0.985. The molecule has 1 radical (unpaired) electrons. The summed E-state index contributed by atoms with van der Waals surface area (Å²) in [7, 11) is -2.93. The van der Waals surface area contributed by atoms with Crippen LogP contribution in [0.3, 0.4) is 0 Å². The van der Waals surface area contributed by atoms with Crippen LogP contribution in [0.25, 0.3) is 0 Å². The third-order valence-corrected chi connectivity index (χ3v) is 3.48. The second-order valence-electron chi connectivity index (χ2n) is 3.30. The fourth-order valence-corrected chi connectivity index (χ4v) is 2.18. The number of aliphatic hydroxyl groups excluding tert-OH is 1. The Bertz CT molecular complexity index is 268. The van der Waals surface area contributed by atoms with E-state index >= 15 is 0 Å². The van der Waals surface area contributed by atoms with E-state index in [4.69, 9.17) is 19.4 Å². The van der Waals surface area contributed by atoms with Crippen molar-refractivity contribution in [3.05, 3.63) is 0 Å². The van der Waals surface area contributed by atoms with Crippen LogP contribution in [0.15, 0.2) is 0 Å². The molecule has 0 rings (SSSR count). The van der Waals surface area contributed by atoms with Gasteiger partial charge in [-0.3, -0.25) is 6.29 Å². The van der Waals surface area contributed by atoms with E-state index in [1.165, 1.54) is 13.2 Å². The molecule has 0 bridgehead atoms. The summed E-state index contributed by atoms with van der Waals surface area (Å²) in [6.45, 7) is 4.39. The zero-order chi connectivity index (χ0) is 14.3. The Hall–Kier alpha value is 0.604. The standard InChI is InChI=1S/C9H20O5S.C2H3O.Y/c1-2-8-15(11,12)9-7-14-6-5-13-4-3-10;1-2-3;/h10H,2-9H2,1H3;1H3;/q;-1;. The van der Waals surface area contributed by atoms with Crippen molar-refractivity contribution < 1.29 is 60.5 Å². The summed E-state index contributed by atoms with van der Waals surface area (Å²) in [6.07, 6.45) is 2.14. The van der Waals surface area contributed by atoms with Crippen LogP contribution in [0.4, 0.5) is 0 Å². The number of aliphatic hydroxyl groups is 1. The van der Waals surface area contributed by atoms with Crippen LogP contribution < -0.4 is 0 Å². The van der Waals surface area contributed by atoms with Crippen LogP contribution in [-0.2, 0) is 56.8 Å². The van der Waals surface area contributed by atoms with Gasteiger partial charge in [-0.1, -0.05) is 6.92 Å². The van der Waals surface area contributed by atoms with Gasteiger partial charge in [-0.15, -0.1) is 0 Å². The van der Waals surface area contributed by atoms with Gasteiger partial charge in [-0.25, -0.2) is 8.42 Å². The van der Waals surface area contributed by atoms with E-state index in [0.29, 0.717) is 19.6 Å². The van der Waals surface area contributed by atoms with Gasteiger partial charge in [0.05, 0.1) is 38.8 Å². The topological polar surface area (TPSA) is 89.9 Å². The Morgan fingerprint density at radius 2 is 1.53 bits per heavy atom. The minimum Gasteiger partial charge on any atom is -0.542 e. The summed E-state index contributed by atoms with van der Waals surface area (Å²) < 4.78 is 32.5. The van der Waals surface area contributed by atoms with Crippen LogP contribution in [0, 0.1) is 0 Å². The summed E-state index contributed by atoms with van der Waals surface area (Å²) in [5.74, 6) is 0.290. The molecule has 0 saturated heterocycles. The normalized spacial score (nSPS) is 10.1. The van der Waals surface area contributed by atoms with Crippen molar-refractivity contribution in [2.45, 2.75) is 20.3 Å². The summed E-state index contributed by atoms with van der Waals surface area (Å²) in [6, 6.07) is 0. The van der Waals surface area contributed by atoms with Crippen molar-refractivity contribution in [1.29, 1.82) is 0 Å². The zero-order valence-corrected chi connectivity index (χ0v) is 15.3. The van der Waals surface area contributed by atoms with Crippen LogP contribution >= 0.6 is 0 Å². The van der Waals surface area contributed by atoms with Gasteiger partial charge in [0.15, 0.2) is 9.84 Å². The summed E-state index contributed by atoms with van der Waals surface area (Å²) >= 11 is 0. The Morgan fingerprint density at radius 3 is 1.95 bits per heavy atom. The molecule has 19 heavy (non-hydrogen) atoms. The Kier molecular flexibility index (Phi) is 24.1. The van der Waals surface area contributed by atoms with Gasteiger partial charge in [0, 0.05) is 38.5 Å². The first-order chi connectivity index (χ1) is 8.54. The molecule has 0 aromatic carbocycles. The minimum atomic E-state index is -2.93. The number of sulfone groups is 1. The smallest absolute Gasteiger partial charge is 0.152 e. The van der Waals surface area contributed by atoms with Crippen molar-refractivity contribution in [1.82, 2.24) is 0 Å². The van der Waals surface area contributed by atoms with E-state index in [0.717, 1.165) is 0 Å². The zero-order valence-electron chi connectivity index (χ0n) is 11.6. The third kappa shape index (κ3) is 24.0. The molecule has 1 N–H and O–H groups in total. The first-order valence-electron chi connectivity index (χ1n) is 5.79. The Balaban J connectivity index is -0.000000580. The van der Waals surface area contributed by atoms with Crippen LogP contribution in [0.1, 0.15) is 20.3 Å². The molecule has 0 fully saturated rings. The number of rotatable bonds is 10. The molecule has 8 heteroatoms. The fraction of sp³-hybridized carbons (Fsp3) is 0.909. The van der Waals surface area contributed by atoms with Crippen LogP contribution in [0.2, 0.25) is 0 Å². The van der Waals surface area contributed by atoms with E-state index in [2.05, 4.69) is 0 Å². The SMILES string of the molecule is CCCS(=O)(=O)CCOCCOCCO.C[C-]=O.[Y]. The molecule has 0 saturated carbocycles. The second kappa shape index (κ2) is 18.6. The van der Waals surface area contributed by atoms with Crippen LogP contribution in [0.5, 0.6) is 0 Å². The molecule has 0 spiro atoms. The maximum atomic E-state index is 11.2. The molecule has 0 heterocycles. The number of hydrogen-bond donors (Lipinski definition) is 1. The van der Waals surface area contributed by atoms with E-state index < -0.39 is 9.84 Å². The molecular weight excluding hydrogens is 349 g/mol. The number of hydrogen-bond acceptors (Lipinski definition) is 6. The average molecular weight is 372 g/mol. The van der Waals surface area contributed by atoms with Gasteiger partial charge in [0.1, 0.15) is 0 Å². The summed E-state index contributed by atoms with van der Waals surface area (Å²) in [5, 5.41) is 8.39. The molecule has 0 aromatic rings. The first kappa shape index (κ1) is 24.6. The molecule has 113 valence electrons. The van der Waals surface area contributed by atoms with Crippen molar-refractivity contribution in [2.75, 3.05) is 44.5 Å². The van der Waals surface area contributed by atoms with E-state index in [9.17, 15) is 8.42 Å². The van der Waals surface area contributed by atoms with Gasteiger partial charge >= 0.3 is 0 Å². The van der Waals surface area contributed by atoms with Crippen molar-refractivity contribution in [3.63, 3.8) is 0 Å². The molecular formula is C11H23O6SY-. The van der Waals surface area contributed by atoms with Gasteiger partial charge in [0.25, 0.3) is 0 Å². The predicted octanol–water partition coefficient (Wildman–Crippen LogP) is -0.0498. The van der Waals surface area contributed by atoms with Crippen LogP contribution in [-0.4, -0.2) is 64.4 Å². The summed E-state index contributed by atoms with van der Waals surface area (Å²) in [4.78, 5) is 8.68. The van der Waals surface area contributed by atoms with Gasteiger partial charge in [0.2, 0.25) is 0 Å². The molecule has 0 aromatic heterocycles. The molecule has 0 amide bonds. The maximum Gasteiger partial charge on any atom is 0.152 e. The number of ether oxygens (including phenoxy) is 2. The van der Waals surface area contributed by atoms with Gasteiger partial charge < -0.3 is 19.4 Å². The molecule has 0 aliphatic heterocycles. The second-order valence-corrected chi connectivity index (χ2v) is 5.61. The van der Waals surface area contributed by atoms with Crippen molar-refractivity contribution >= 4 is 16.1 Å². The first-order valence-corrected chi connectivity index (χ1v) is 7.61. The maximum absolute atomic E-state index is 11.2. The quantitative estimate of drug-likeness (QED) is 0.427. The molecule has 0 aliphatic carbocycles. The van der Waals surface area contributed by atoms with Crippen molar-refractivity contribution in [3.8, 4) is 0 Å². The Morgan fingerprint density at radius 1 is 1.05 bits per heavy atom. The third-order valence-electron chi connectivity index (χ3n) is 1.66. The Labute approximate surface area is 141 Å². The predicted molar refractivity (Wildman–Crippen MR) is 69.0 cm³/mol. The molecule has 0 unspecified atom stereocenters. The molecule has 0 atom stereocenters. The molecule has 6 nitrogen and oxygen atoms in total. The largest absolute Gasteiger partial charge is 0.542 e. The minimum absolute atomic E-state index is 0. The average Bonchev–Trinajstić information content (AvgIpc) is 2.29. The summed E-state index contributed by atoms with van der Waals surface area (Å²) in [5.41, 5.74) is 0. The van der Waals surface area contributed by atoms with E-state index in [1.807, 2.05) is 6.92 Å². The van der Waals surface area contributed by atoms with Crippen molar-refractivity contribution in [2.24, 2.45) is 0 Å².